The van der Waals surface area contributed by atoms with Gasteiger partial charge in [0.1, 0.15) is 5.75 Å². The van der Waals surface area contributed by atoms with E-state index in [9.17, 15) is 0 Å². The third kappa shape index (κ3) is 3.37. The van der Waals surface area contributed by atoms with Crippen LogP contribution in [0, 0.1) is 0 Å². The first-order valence-electron chi connectivity index (χ1n) is 8.03. The van der Waals surface area contributed by atoms with Crippen LogP contribution in [0.15, 0.2) is 29.3 Å². The molecule has 0 atom stereocenters. The van der Waals surface area contributed by atoms with Crippen LogP contribution in [0.3, 0.4) is 0 Å². The van der Waals surface area contributed by atoms with Gasteiger partial charge in [0.15, 0.2) is 5.96 Å². The Morgan fingerprint density at radius 3 is 2.23 bits per heavy atom. The van der Waals surface area contributed by atoms with Gasteiger partial charge in [-0.25, -0.2) is 0 Å². The molecular weight excluding hydrogens is 274 g/mol. The van der Waals surface area contributed by atoms with Gasteiger partial charge in [-0.3, -0.25) is 4.99 Å². The van der Waals surface area contributed by atoms with Crippen molar-refractivity contribution in [3.05, 3.63) is 29.8 Å². The van der Waals surface area contributed by atoms with E-state index >= 15 is 0 Å². The van der Waals surface area contributed by atoms with Crippen molar-refractivity contribution in [3.8, 4) is 5.75 Å². The lowest BCUT2D eigenvalue weighted by Crippen LogP contribution is -2.37. The number of hydrogen-bond donors (Lipinski definition) is 0. The lowest BCUT2D eigenvalue weighted by atomic mass is 9.78. The predicted molar refractivity (Wildman–Crippen MR) is 92.8 cm³/mol. The zero-order valence-corrected chi connectivity index (χ0v) is 14.6. The van der Waals surface area contributed by atoms with Crippen LogP contribution in [-0.2, 0) is 5.41 Å². The number of benzene rings is 1. The van der Waals surface area contributed by atoms with Gasteiger partial charge in [0.25, 0.3) is 0 Å². The van der Waals surface area contributed by atoms with Crippen LogP contribution in [0.2, 0.25) is 0 Å². The Morgan fingerprint density at radius 2 is 1.68 bits per heavy atom. The summed E-state index contributed by atoms with van der Waals surface area (Å²) in [5.74, 6) is 2.01. The number of guanidine groups is 1. The van der Waals surface area contributed by atoms with Crippen molar-refractivity contribution in [2.75, 3.05) is 41.8 Å². The molecule has 1 aromatic carbocycles. The summed E-state index contributed by atoms with van der Waals surface area (Å²) in [6.07, 6.45) is 4.91. The Labute approximate surface area is 134 Å². The highest BCUT2D eigenvalue weighted by atomic mass is 16.5. The van der Waals surface area contributed by atoms with E-state index < -0.39 is 0 Å². The Morgan fingerprint density at radius 1 is 1.09 bits per heavy atom. The van der Waals surface area contributed by atoms with Crippen LogP contribution in [0.1, 0.15) is 31.2 Å². The highest BCUT2D eigenvalue weighted by Crippen LogP contribution is 2.44. The van der Waals surface area contributed by atoms with Crippen LogP contribution < -0.4 is 4.74 Å². The van der Waals surface area contributed by atoms with Gasteiger partial charge >= 0.3 is 0 Å². The summed E-state index contributed by atoms with van der Waals surface area (Å²) in [4.78, 5) is 9.09. The molecule has 1 aliphatic carbocycles. The van der Waals surface area contributed by atoms with E-state index in [1.807, 2.05) is 34.3 Å². The van der Waals surface area contributed by atoms with Gasteiger partial charge in [-0.2, -0.15) is 0 Å². The van der Waals surface area contributed by atoms with E-state index in [0.717, 1.165) is 18.3 Å². The molecule has 0 heterocycles. The first kappa shape index (κ1) is 16.7. The topological polar surface area (TPSA) is 28.1 Å². The van der Waals surface area contributed by atoms with Gasteiger partial charge in [-0.05, 0) is 18.9 Å². The molecule has 4 nitrogen and oxygen atoms in total. The smallest absolute Gasteiger partial charge is 0.195 e. The molecule has 0 bridgehead atoms. The average molecular weight is 303 g/mol. The highest BCUT2D eigenvalue weighted by Gasteiger charge is 2.37. The Hall–Kier alpha value is -1.71. The Balaban J connectivity index is 2.35. The molecule has 0 N–H and O–H groups in total. The van der Waals surface area contributed by atoms with Crippen LogP contribution in [-0.4, -0.2) is 57.6 Å². The van der Waals surface area contributed by atoms with E-state index in [1.165, 1.54) is 31.2 Å². The maximum absolute atomic E-state index is 5.62. The number of aliphatic imine (C=N–C) groups is 1. The molecule has 2 rings (SSSR count). The summed E-state index contributed by atoms with van der Waals surface area (Å²) in [6.45, 7) is 0.819. The molecule has 1 aliphatic rings. The number of rotatable bonds is 4. The van der Waals surface area contributed by atoms with Crippen molar-refractivity contribution < 1.29 is 4.74 Å². The maximum Gasteiger partial charge on any atom is 0.195 e. The molecular formula is C18H29N3O. The molecule has 1 saturated carbocycles. The second-order valence-corrected chi connectivity index (χ2v) is 6.59. The summed E-state index contributed by atoms with van der Waals surface area (Å²) < 4.78 is 5.62. The number of ether oxygens (including phenoxy) is 1. The fourth-order valence-corrected chi connectivity index (χ4v) is 3.55. The predicted octanol–water partition coefficient (Wildman–Crippen LogP) is 2.99. The largest absolute Gasteiger partial charge is 0.496 e. The lowest BCUT2D eigenvalue weighted by Gasteiger charge is -2.31. The summed E-state index contributed by atoms with van der Waals surface area (Å²) >= 11 is 0. The fourth-order valence-electron chi connectivity index (χ4n) is 3.55. The molecule has 1 fully saturated rings. The summed E-state index contributed by atoms with van der Waals surface area (Å²) in [7, 11) is 9.94. The third-order valence-corrected chi connectivity index (χ3v) is 4.56. The first-order chi connectivity index (χ1) is 10.5. The normalized spacial score (nSPS) is 16.2. The van der Waals surface area contributed by atoms with Crippen molar-refractivity contribution >= 4 is 5.96 Å². The molecule has 0 unspecified atom stereocenters. The number of methoxy groups -OCH3 is 1. The Bertz CT molecular complexity index is 507. The summed E-state index contributed by atoms with van der Waals surface area (Å²) in [5, 5.41) is 0. The van der Waals surface area contributed by atoms with Crippen LogP contribution in [0.4, 0.5) is 0 Å². The van der Waals surface area contributed by atoms with Gasteiger partial charge in [-0.1, -0.05) is 31.0 Å². The average Bonchev–Trinajstić information content (AvgIpc) is 2.96. The van der Waals surface area contributed by atoms with Gasteiger partial charge in [-0.15, -0.1) is 0 Å². The first-order valence-corrected chi connectivity index (χ1v) is 8.03. The minimum Gasteiger partial charge on any atom is -0.496 e. The number of hydrogen-bond acceptors (Lipinski definition) is 2. The van der Waals surface area contributed by atoms with Crippen LogP contribution in [0.5, 0.6) is 5.75 Å². The molecule has 1 aromatic rings. The molecule has 0 amide bonds. The SMILES string of the molecule is COc1ccccc1C1(CN=C(N(C)C)N(C)C)CCCC1. The molecule has 0 radical (unpaired) electrons. The minimum atomic E-state index is 0.115. The van der Waals surface area contributed by atoms with E-state index in [2.05, 4.69) is 28.0 Å². The van der Waals surface area contributed by atoms with Gasteiger partial charge in [0.2, 0.25) is 0 Å². The second kappa shape index (κ2) is 7.03. The zero-order chi connectivity index (χ0) is 16.2. The summed E-state index contributed by atoms with van der Waals surface area (Å²) in [5.41, 5.74) is 1.43. The van der Waals surface area contributed by atoms with Gasteiger partial charge in [0, 0.05) is 39.2 Å². The molecule has 22 heavy (non-hydrogen) atoms. The number of para-hydroxylation sites is 1. The van der Waals surface area contributed by atoms with Crippen molar-refractivity contribution in [1.29, 1.82) is 0 Å². The second-order valence-electron chi connectivity index (χ2n) is 6.59. The quantitative estimate of drug-likeness (QED) is 0.632. The van der Waals surface area contributed by atoms with E-state index in [4.69, 9.17) is 9.73 Å². The molecule has 0 aromatic heterocycles. The van der Waals surface area contributed by atoms with Crippen LogP contribution in [0.25, 0.3) is 0 Å². The van der Waals surface area contributed by atoms with Gasteiger partial charge in [0.05, 0.1) is 13.7 Å². The van der Waals surface area contributed by atoms with Crippen LogP contribution >= 0.6 is 0 Å². The molecule has 0 spiro atoms. The van der Waals surface area contributed by atoms with E-state index in [-0.39, 0.29) is 5.41 Å². The molecule has 0 saturated heterocycles. The van der Waals surface area contributed by atoms with E-state index in [0.29, 0.717) is 0 Å². The van der Waals surface area contributed by atoms with Crippen molar-refractivity contribution in [2.45, 2.75) is 31.1 Å². The summed E-state index contributed by atoms with van der Waals surface area (Å²) in [6, 6.07) is 8.43. The Kier molecular flexibility index (Phi) is 5.33. The molecule has 0 aliphatic heterocycles. The standard InChI is InChI=1S/C18H29N3O/c1-20(2)17(21(3)4)19-14-18(12-8-9-13-18)15-10-6-7-11-16(15)22-5/h6-7,10-11H,8-9,12-14H2,1-5H3. The van der Waals surface area contributed by atoms with Crippen molar-refractivity contribution in [2.24, 2.45) is 4.99 Å². The van der Waals surface area contributed by atoms with Gasteiger partial charge < -0.3 is 14.5 Å². The van der Waals surface area contributed by atoms with E-state index in [1.54, 1.807) is 7.11 Å². The van der Waals surface area contributed by atoms with Crippen molar-refractivity contribution in [3.63, 3.8) is 0 Å². The lowest BCUT2D eigenvalue weighted by molar-refractivity contribution is 0.375. The monoisotopic (exact) mass is 303 g/mol. The molecule has 122 valence electrons. The third-order valence-electron chi connectivity index (χ3n) is 4.56. The zero-order valence-electron chi connectivity index (χ0n) is 14.6. The fraction of sp³-hybridized carbons (Fsp3) is 0.611. The molecule has 4 heteroatoms. The highest BCUT2D eigenvalue weighted by molar-refractivity contribution is 5.79. The maximum atomic E-state index is 5.62. The minimum absolute atomic E-state index is 0.115. The van der Waals surface area contributed by atoms with Crippen molar-refractivity contribution in [1.82, 2.24) is 9.80 Å². The number of nitrogens with zero attached hydrogens (tertiary/aromatic N) is 3.